The van der Waals surface area contributed by atoms with E-state index in [0.717, 1.165) is 0 Å². The number of rotatable bonds is 3. The molecule has 0 aliphatic rings. The van der Waals surface area contributed by atoms with E-state index in [4.69, 9.17) is 0 Å². The van der Waals surface area contributed by atoms with Crippen LogP contribution in [0.1, 0.15) is 26.7 Å². The molecule has 46 valence electrons. The summed E-state index contributed by atoms with van der Waals surface area (Å²) in [5, 5.41) is 0. The Morgan fingerprint density at radius 3 is 1.50 bits per heavy atom. The number of hydrogen-bond acceptors (Lipinski definition) is 0. The smallest absolute Gasteiger partial charge is 0.0316 e. The van der Waals surface area contributed by atoms with Crippen molar-refractivity contribution in [2.75, 3.05) is 0 Å². The average Bonchev–Trinajstić information content (AvgIpc) is 1.81. The molecule has 0 nitrogen and oxygen atoms in total. The summed E-state index contributed by atoms with van der Waals surface area (Å²) in [6.45, 7) is 4.10. The minimum atomic E-state index is 1.18. The van der Waals surface area contributed by atoms with Crippen molar-refractivity contribution in [3.63, 3.8) is 0 Å². The SMILES string of the molecule is CC=CCCC=CC. The summed E-state index contributed by atoms with van der Waals surface area (Å²) in [6, 6.07) is 0. The first-order chi connectivity index (χ1) is 3.91. The van der Waals surface area contributed by atoms with Crippen molar-refractivity contribution in [2.24, 2.45) is 0 Å². The molecule has 0 aromatic heterocycles. The Labute approximate surface area is 51.9 Å². The van der Waals surface area contributed by atoms with Gasteiger partial charge in [-0.15, -0.1) is 0 Å². The van der Waals surface area contributed by atoms with Crippen molar-refractivity contribution < 1.29 is 0 Å². The molecule has 0 spiro atoms. The molecule has 8 heavy (non-hydrogen) atoms. The molecule has 0 rings (SSSR count). The van der Waals surface area contributed by atoms with Crippen molar-refractivity contribution in [2.45, 2.75) is 26.7 Å². The van der Waals surface area contributed by atoms with Crippen molar-refractivity contribution in [1.82, 2.24) is 0 Å². The maximum atomic E-state index is 2.18. The molecule has 0 amide bonds. The first kappa shape index (κ1) is 7.48. The number of allylic oxidation sites excluding steroid dienone is 4. The summed E-state index contributed by atoms with van der Waals surface area (Å²) in [5.74, 6) is 0. The molecule has 0 aliphatic heterocycles. The quantitative estimate of drug-likeness (QED) is 0.387. The van der Waals surface area contributed by atoms with Crippen LogP contribution in [0.3, 0.4) is 0 Å². The van der Waals surface area contributed by atoms with Gasteiger partial charge in [0.2, 0.25) is 0 Å². The van der Waals surface area contributed by atoms with E-state index < -0.39 is 0 Å². The second-order valence-corrected chi connectivity index (χ2v) is 1.72. The largest absolute Gasteiger partial charge is 0.0917 e. The van der Waals surface area contributed by atoms with Gasteiger partial charge in [-0.3, -0.25) is 0 Å². The topological polar surface area (TPSA) is 0 Å². The van der Waals surface area contributed by atoms with Gasteiger partial charge in [-0.2, -0.15) is 0 Å². The van der Waals surface area contributed by atoms with E-state index in [9.17, 15) is 0 Å². The fourth-order valence-corrected chi connectivity index (χ4v) is 0.526. The van der Waals surface area contributed by atoms with E-state index in [0.29, 0.717) is 0 Å². The highest BCUT2D eigenvalue weighted by Crippen LogP contribution is 1.90. The zero-order valence-electron chi connectivity index (χ0n) is 5.72. The van der Waals surface area contributed by atoms with E-state index in [1.54, 1.807) is 0 Å². The lowest BCUT2D eigenvalue weighted by atomic mass is 10.3. The molecule has 0 heterocycles. The molecule has 0 saturated carbocycles. The Balaban J connectivity index is 2.93. The van der Waals surface area contributed by atoms with E-state index in [2.05, 4.69) is 38.2 Å². The Kier molecular flexibility index (Phi) is 6.06. The predicted octanol–water partition coefficient (Wildman–Crippen LogP) is 2.92. The molecule has 0 fully saturated rings. The van der Waals surface area contributed by atoms with Crippen LogP contribution >= 0.6 is 0 Å². The second-order valence-electron chi connectivity index (χ2n) is 1.72. The maximum Gasteiger partial charge on any atom is -0.0316 e. The van der Waals surface area contributed by atoms with E-state index in [1.807, 2.05) is 0 Å². The van der Waals surface area contributed by atoms with Crippen molar-refractivity contribution in [3.8, 4) is 0 Å². The minimum Gasteiger partial charge on any atom is -0.0917 e. The third kappa shape index (κ3) is 5.48. The highest BCUT2D eigenvalue weighted by Gasteiger charge is 1.70. The van der Waals surface area contributed by atoms with Crippen LogP contribution < -0.4 is 0 Å². The molecule has 0 bridgehead atoms. The van der Waals surface area contributed by atoms with Gasteiger partial charge in [0.15, 0.2) is 0 Å². The fraction of sp³-hybridized carbons (Fsp3) is 0.500. The highest BCUT2D eigenvalue weighted by molar-refractivity contribution is 4.83. The lowest BCUT2D eigenvalue weighted by Crippen LogP contribution is -1.60. The van der Waals surface area contributed by atoms with Gasteiger partial charge in [0, 0.05) is 0 Å². The molecule has 0 heteroatoms. The molecule has 0 aromatic rings. The van der Waals surface area contributed by atoms with Crippen molar-refractivity contribution in [1.29, 1.82) is 0 Å². The zero-order chi connectivity index (χ0) is 6.24. The number of hydrogen-bond donors (Lipinski definition) is 0. The van der Waals surface area contributed by atoms with E-state index >= 15 is 0 Å². The van der Waals surface area contributed by atoms with Gasteiger partial charge < -0.3 is 0 Å². The number of unbranched alkanes of at least 4 members (excludes halogenated alkanes) is 1. The minimum absolute atomic E-state index is 1.18. The molecule has 0 aliphatic carbocycles. The Morgan fingerprint density at radius 1 is 0.875 bits per heavy atom. The Hall–Kier alpha value is -0.520. The van der Waals surface area contributed by atoms with Crippen LogP contribution in [-0.2, 0) is 0 Å². The highest BCUT2D eigenvalue weighted by atomic mass is 13.8. The standard InChI is InChI=1S/C8H14/c1-3-5-7-8-6-4-2/h3-6H,7-8H2,1-2H3. The molecule has 0 unspecified atom stereocenters. The summed E-state index contributed by atoms with van der Waals surface area (Å²) >= 11 is 0. The normalized spacial score (nSPS) is 11.8. The van der Waals surface area contributed by atoms with Crippen LogP contribution in [-0.4, -0.2) is 0 Å². The lowest BCUT2D eigenvalue weighted by molar-refractivity contribution is 1.05. The van der Waals surface area contributed by atoms with Gasteiger partial charge in [0.25, 0.3) is 0 Å². The fourth-order valence-electron chi connectivity index (χ4n) is 0.526. The summed E-state index contributed by atoms with van der Waals surface area (Å²) in [7, 11) is 0. The van der Waals surface area contributed by atoms with Gasteiger partial charge >= 0.3 is 0 Å². The lowest BCUT2D eigenvalue weighted by Gasteiger charge is -1.81. The summed E-state index contributed by atoms with van der Waals surface area (Å²) in [4.78, 5) is 0. The van der Waals surface area contributed by atoms with E-state index in [-0.39, 0.29) is 0 Å². The summed E-state index contributed by atoms with van der Waals surface area (Å²) in [5.41, 5.74) is 0. The van der Waals surface area contributed by atoms with Gasteiger partial charge in [0.1, 0.15) is 0 Å². The first-order valence-electron chi connectivity index (χ1n) is 3.14. The second kappa shape index (κ2) is 6.48. The van der Waals surface area contributed by atoms with Crippen LogP contribution in [0, 0.1) is 0 Å². The van der Waals surface area contributed by atoms with Crippen LogP contribution in [0.2, 0.25) is 0 Å². The van der Waals surface area contributed by atoms with Gasteiger partial charge in [-0.1, -0.05) is 24.3 Å². The molecular weight excluding hydrogens is 96.1 g/mol. The maximum absolute atomic E-state index is 2.18. The first-order valence-corrected chi connectivity index (χ1v) is 3.14. The third-order valence-electron chi connectivity index (χ3n) is 0.971. The molecular formula is C8H14. The van der Waals surface area contributed by atoms with Crippen molar-refractivity contribution in [3.05, 3.63) is 24.3 Å². The Morgan fingerprint density at radius 2 is 1.25 bits per heavy atom. The van der Waals surface area contributed by atoms with Gasteiger partial charge in [-0.05, 0) is 26.7 Å². The van der Waals surface area contributed by atoms with Crippen molar-refractivity contribution >= 4 is 0 Å². The monoisotopic (exact) mass is 110 g/mol. The van der Waals surface area contributed by atoms with Crippen LogP contribution in [0.4, 0.5) is 0 Å². The van der Waals surface area contributed by atoms with Gasteiger partial charge in [-0.25, -0.2) is 0 Å². The third-order valence-corrected chi connectivity index (χ3v) is 0.971. The zero-order valence-corrected chi connectivity index (χ0v) is 5.72. The molecule has 0 saturated heterocycles. The molecule has 0 radical (unpaired) electrons. The van der Waals surface area contributed by atoms with Crippen LogP contribution in [0.25, 0.3) is 0 Å². The van der Waals surface area contributed by atoms with Gasteiger partial charge in [0.05, 0.1) is 0 Å². The Bertz CT molecular complexity index is 66.0. The molecule has 0 atom stereocenters. The summed E-state index contributed by atoms with van der Waals surface area (Å²) in [6.07, 6.45) is 10.9. The summed E-state index contributed by atoms with van der Waals surface area (Å²) < 4.78 is 0. The average molecular weight is 110 g/mol. The molecule has 0 aromatic carbocycles. The predicted molar refractivity (Wildman–Crippen MR) is 38.9 cm³/mol. The molecule has 0 N–H and O–H groups in total. The van der Waals surface area contributed by atoms with Crippen LogP contribution in [0.5, 0.6) is 0 Å². The van der Waals surface area contributed by atoms with E-state index in [1.165, 1.54) is 12.8 Å². The van der Waals surface area contributed by atoms with Crippen LogP contribution in [0.15, 0.2) is 24.3 Å².